The number of hydrogen-bond acceptors (Lipinski definition) is 2. The maximum absolute atomic E-state index is 6.35. The van der Waals surface area contributed by atoms with Gasteiger partial charge in [-0.25, -0.2) is 0 Å². The van der Waals surface area contributed by atoms with Crippen LogP contribution in [0, 0.1) is 0 Å². The van der Waals surface area contributed by atoms with Crippen molar-refractivity contribution in [3.05, 3.63) is 0 Å². The summed E-state index contributed by atoms with van der Waals surface area (Å²) in [6, 6.07) is 0.569. The molecular weight excluding hydrogens is 258 g/mol. The molecule has 21 heavy (non-hydrogen) atoms. The third-order valence-electron chi connectivity index (χ3n) is 5.00. The van der Waals surface area contributed by atoms with E-state index in [-0.39, 0.29) is 5.60 Å². The zero-order valence-electron chi connectivity index (χ0n) is 14.9. The number of unbranched alkanes of at least 4 members (excludes halogenated alkanes) is 4. The maximum atomic E-state index is 6.35. The Morgan fingerprint density at radius 1 is 0.905 bits per heavy atom. The monoisotopic (exact) mass is 297 g/mol. The van der Waals surface area contributed by atoms with Crippen molar-refractivity contribution in [2.75, 3.05) is 13.2 Å². The van der Waals surface area contributed by atoms with Crippen molar-refractivity contribution in [2.24, 2.45) is 0 Å². The Hall–Kier alpha value is -0.0800. The van der Waals surface area contributed by atoms with E-state index < -0.39 is 0 Å². The van der Waals surface area contributed by atoms with Crippen LogP contribution < -0.4 is 5.32 Å². The van der Waals surface area contributed by atoms with Gasteiger partial charge in [-0.1, -0.05) is 65.2 Å². The van der Waals surface area contributed by atoms with Gasteiger partial charge >= 0.3 is 0 Å². The highest BCUT2D eigenvalue weighted by Gasteiger charge is 2.39. The third-order valence-corrected chi connectivity index (χ3v) is 5.00. The molecule has 1 rings (SSSR count). The van der Waals surface area contributed by atoms with Gasteiger partial charge in [0, 0.05) is 12.6 Å². The highest BCUT2D eigenvalue weighted by Crippen LogP contribution is 2.36. The Balaban J connectivity index is 2.54. The van der Waals surface area contributed by atoms with E-state index in [2.05, 4.69) is 26.1 Å². The van der Waals surface area contributed by atoms with Crippen molar-refractivity contribution in [3.8, 4) is 0 Å². The standard InChI is InChI=1S/C19H39NO/c1-4-7-8-9-11-14-18(20-17-5-2)19(21-6-3)15-12-10-13-16-19/h18,20H,4-17H2,1-3H3. The van der Waals surface area contributed by atoms with Crippen LogP contribution in [0.25, 0.3) is 0 Å². The normalized spacial score (nSPS) is 19.6. The van der Waals surface area contributed by atoms with Crippen molar-refractivity contribution >= 4 is 0 Å². The molecule has 0 aliphatic heterocycles. The van der Waals surface area contributed by atoms with Crippen molar-refractivity contribution < 1.29 is 4.74 Å². The molecule has 0 amide bonds. The average molecular weight is 298 g/mol. The lowest BCUT2D eigenvalue weighted by Crippen LogP contribution is -2.54. The molecule has 0 spiro atoms. The van der Waals surface area contributed by atoms with E-state index in [0.29, 0.717) is 6.04 Å². The number of hydrogen-bond donors (Lipinski definition) is 1. The highest BCUT2D eigenvalue weighted by molar-refractivity contribution is 4.95. The minimum absolute atomic E-state index is 0.132. The van der Waals surface area contributed by atoms with Gasteiger partial charge in [0.1, 0.15) is 0 Å². The first-order valence-electron chi connectivity index (χ1n) is 9.66. The molecule has 1 unspecified atom stereocenters. The molecule has 0 heterocycles. The predicted octanol–water partition coefficient (Wildman–Crippen LogP) is 5.45. The Morgan fingerprint density at radius 2 is 1.62 bits per heavy atom. The first kappa shape index (κ1) is 19.0. The number of nitrogens with one attached hydrogen (secondary N) is 1. The molecule has 0 aromatic heterocycles. The van der Waals surface area contributed by atoms with Gasteiger partial charge in [0.15, 0.2) is 0 Å². The molecule has 0 aromatic rings. The largest absolute Gasteiger partial charge is 0.374 e. The minimum Gasteiger partial charge on any atom is -0.374 e. The second-order valence-corrected chi connectivity index (χ2v) is 6.77. The summed E-state index contributed by atoms with van der Waals surface area (Å²) in [6.07, 6.45) is 16.0. The molecule has 1 atom stereocenters. The number of ether oxygens (including phenoxy) is 1. The van der Waals surface area contributed by atoms with Crippen LogP contribution in [0.3, 0.4) is 0 Å². The number of rotatable bonds is 12. The van der Waals surface area contributed by atoms with Crippen LogP contribution in [-0.2, 0) is 4.74 Å². The van der Waals surface area contributed by atoms with E-state index in [1.807, 2.05) is 0 Å². The lowest BCUT2D eigenvalue weighted by atomic mass is 9.77. The Morgan fingerprint density at radius 3 is 2.24 bits per heavy atom. The molecule has 0 aromatic carbocycles. The van der Waals surface area contributed by atoms with Gasteiger partial charge in [-0.2, -0.15) is 0 Å². The molecule has 126 valence electrons. The molecule has 2 nitrogen and oxygen atoms in total. The first-order valence-corrected chi connectivity index (χ1v) is 9.66. The zero-order chi connectivity index (χ0) is 15.4. The SMILES string of the molecule is CCCCCCCC(NCCC)C1(OCC)CCCCC1. The summed E-state index contributed by atoms with van der Waals surface area (Å²) in [5.74, 6) is 0. The second kappa shape index (κ2) is 11.5. The quantitative estimate of drug-likeness (QED) is 0.483. The van der Waals surface area contributed by atoms with Crippen LogP contribution in [0.1, 0.15) is 97.8 Å². The third kappa shape index (κ3) is 6.69. The summed E-state index contributed by atoms with van der Waals surface area (Å²) in [7, 11) is 0. The minimum atomic E-state index is 0.132. The molecule has 2 heteroatoms. The van der Waals surface area contributed by atoms with E-state index >= 15 is 0 Å². The molecule has 1 N–H and O–H groups in total. The van der Waals surface area contributed by atoms with Crippen LogP contribution in [0.4, 0.5) is 0 Å². The van der Waals surface area contributed by atoms with E-state index in [0.717, 1.165) is 13.2 Å². The van der Waals surface area contributed by atoms with E-state index in [1.54, 1.807) is 0 Å². The molecule has 1 fully saturated rings. The molecule has 1 aliphatic rings. The fourth-order valence-electron chi connectivity index (χ4n) is 3.85. The first-order chi connectivity index (χ1) is 10.3. The van der Waals surface area contributed by atoms with E-state index in [9.17, 15) is 0 Å². The smallest absolute Gasteiger partial charge is 0.0834 e. The summed E-state index contributed by atoms with van der Waals surface area (Å²) in [5, 5.41) is 3.83. The van der Waals surface area contributed by atoms with Gasteiger partial charge in [0.05, 0.1) is 5.60 Å². The summed E-state index contributed by atoms with van der Waals surface area (Å²) in [5.41, 5.74) is 0.132. The molecule has 0 saturated heterocycles. The van der Waals surface area contributed by atoms with Gasteiger partial charge < -0.3 is 10.1 Å². The van der Waals surface area contributed by atoms with Crippen LogP contribution >= 0.6 is 0 Å². The lowest BCUT2D eigenvalue weighted by molar-refractivity contribution is -0.0918. The summed E-state index contributed by atoms with van der Waals surface area (Å²) < 4.78 is 6.35. The van der Waals surface area contributed by atoms with Gasteiger partial charge in [-0.15, -0.1) is 0 Å². The van der Waals surface area contributed by atoms with E-state index in [1.165, 1.54) is 77.0 Å². The van der Waals surface area contributed by atoms with Gasteiger partial charge in [-0.3, -0.25) is 0 Å². The second-order valence-electron chi connectivity index (χ2n) is 6.77. The predicted molar refractivity (Wildman–Crippen MR) is 92.9 cm³/mol. The van der Waals surface area contributed by atoms with E-state index in [4.69, 9.17) is 4.74 Å². The van der Waals surface area contributed by atoms with Gasteiger partial charge in [-0.05, 0) is 39.2 Å². The van der Waals surface area contributed by atoms with Crippen LogP contribution in [0.2, 0.25) is 0 Å². The molecule has 1 aliphatic carbocycles. The molecular formula is C19H39NO. The Labute approximate surface area is 133 Å². The summed E-state index contributed by atoms with van der Waals surface area (Å²) >= 11 is 0. The van der Waals surface area contributed by atoms with Crippen LogP contribution in [0.5, 0.6) is 0 Å². The summed E-state index contributed by atoms with van der Waals surface area (Å²) in [4.78, 5) is 0. The topological polar surface area (TPSA) is 21.3 Å². The molecule has 1 saturated carbocycles. The highest BCUT2D eigenvalue weighted by atomic mass is 16.5. The fourth-order valence-corrected chi connectivity index (χ4v) is 3.85. The Kier molecular flexibility index (Phi) is 10.4. The lowest BCUT2D eigenvalue weighted by Gasteiger charge is -2.44. The van der Waals surface area contributed by atoms with Gasteiger partial charge in [0.25, 0.3) is 0 Å². The maximum Gasteiger partial charge on any atom is 0.0834 e. The molecule has 0 bridgehead atoms. The van der Waals surface area contributed by atoms with Crippen molar-refractivity contribution in [1.29, 1.82) is 0 Å². The van der Waals surface area contributed by atoms with Crippen LogP contribution in [0.15, 0.2) is 0 Å². The fraction of sp³-hybridized carbons (Fsp3) is 1.00. The summed E-state index contributed by atoms with van der Waals surface area (Å²) in [6.45, 7) is 8.71. The average Bonchev–Trinajstić information content (AvgIpc) is 2.51. The Bertz CT molecular complexity index is 230. The van der Waals surface area contributed by atoms with Crippen LogP contribution in [-0.4, -0.2) is 24.8 Å². The van der Waals surface area contributed by atoms with Crippen molar-refractivity contribution in [3.63, 3.8) is 0 Å². The van der Waals surface area contributed by atoms with Crippen molar-refractivity contribution in [1.82, 2.24) is 5.32 Å². The molecule has 0 radical (unpaired) electrons. The van der Waals surface area contributed by atoms with Gasteiger partial charge in [0.2, 0.25) is 0 Å². The van der Waals surface area contributed by atoms with Crippen molar-refractivity contribution in [2.45, 2.75) is 109 Å². The zero-order valence-corrected chi connectivity index (χ0v) is 14.9.